The maximum absolute atomic E-state index is 15.5. The highest BCUT2D eigenvalue weighted by Gasteiger charge is 2.38. The molecule has 0 radical (unpaired) electrons. The molecular formula is C74H100BrF6N. The molecule has 0 fully saturated rings. The lowest BCUT2D eigenvalue weighted by Gasteiger charge is -2.39. The number of unbranched alkanes of at least 4 members (excludes halogenated alkanes) is 34. The standard InChI is InChI=1S/C74H100F6N.BrH/c1-3-5-7-9-11-13-15-17-19-21-23-25-27-29-31-33-35-41-47-81(48-42-36-34-32-30-28-26-24-22-20-18-16-14-12-10-8-6-4-2)55-65-63(59-51-67(75)73(79)68(76)52-59)49-57-43-37-39-45-61(57)71(65)72-62-46-40-38-44-58(62)50-64(66(72)56-81)60-53-69(77)74(80)70(78)54-60;/h37-40,43-46,49-54H,3-36,41-42,47-48,55-56H2,1-2H3;1H/q+1;/p-1. The van der Waals surface area contributed by atoms with Crippen molar-refractivity contribution in [2.45, 2.75) is 258 Å². The summed E-state index contributed by atoms with van der Waals surface area (Å²) < 4.78 is 92.3. The summed E-state index contributed by atoms with van der Waals surface area (Å²) in [4.78, 5) is 0. The Labute approximate surface area is 502 Å². The summed E-state index contributed by atoms with van der Waals surface area (Å²) in [7, 11) is 0. The highest BCUT2D eigenvalue weighted by Crippen LogP contribution is 2.50. The number of rotatable bonds is 40. The highest BCUT2D eigenvalue weighted by molar-refractivity contribution is 6.12. The molecule has 6 aromatic carbocycles. The van der Waals surface area contributed by atoms with Gasteiger partial charge >= 0.3 is 0 Å². The topological polar surface area (TPSA) is 0 Å². The number of benzene rings is 6. The van der Waals surface area contributed by atoms with Gasteiger partial charge < -0.3 is 21.5 Å². The summed E-state index contributed by atoms with van der Waals surface area (Å²) in [5.74, 6) is -7.98. The Morgan fingerprint density at radius 3 is 0.829 bits per heavy atom. The maximum Gasteiger partial charge on any atom is 0.194 e. The summed E-state index contributed by atoms with van der Waals surface area (Å²) in [6, 6.07) is 24.5. The fourth-order valence-corrected chi connectivity index (χ4v) is 13.5. The summed E-state index contributed by atoms with van der Waals surface area (Å²) >= 11 is 0. The van der Waals surface area contributed by atoms with Crippen LogP contribution in [-0.4, -0.2) is 17.6 Å². The molecule has 0 N–H and O–H groups in total. The van der Waals surface area contributed by atoms with Gasteiger partial charge in [0, 0.05) is 22.3 Å². The predicted molar refractivity (Wildman–Crippen MR) is 332 cm³/mol. The van der Waals surface area contributed by atoms with Gasteiger partial charge in [0.2, 0.25) is 0 Å². The van der Waals surface area contributed by atoms with Crippen LogP contribution in [0.1, 0.15) is 256 Å². The minimum atomic E-state index is -1.50. The van der Waals surface area contributed by atoms with Crippen LogP contribution in [0.15, 0.2) is 84.9 Å². The van der Waals surface area contributed by atoms with E-state index < -0.39 is 34.9 Å². The average molecular weight is 1200 g/mol. The molecule has 8 heteroatoms. The van der Waals surface area contributed by atoms with Gasteiger partial charge in [0.05, 0.1) is 13.1 Å². The third-order valence-electron chi connectivity index (χ3n) is 18.1. The smallest absolute Gasteiger partial charge is 0.194 e. The van der Waals surface area contributed by atoms with Crippen molar-refractivity contribution in [3.8, 4) is 33.4 Å². The van der Waals surface area contributed by atoms with E-state index in [0.29, 0.717) is 28.7 Å². The Morgan fingerprint density at radius 1 is 0.317 bits per heavy atom. The highest BCUT2D eigenvalue weighted by atomic mass is 79.9. The molecule has 0 spiro atoms. The molecule has 1 aliphatic heterocycles. The monoisotopic (exact) mass is 1200 g/mol. The fourth-order valence-electron chi connectivity index (χ4n) is 13.5. The first kappa shape index (κ1) is 67.0. The van der Waals surface area contributed by atoms with Crippen molar-refractivity contribution in [1.82, 2.24) is 0 Å². The van der Waals surface area contributed by atoms with Crippen LogP contribution in [0.25, 0.3) is 54.9 Å². The Hall–Kier alpha value is -4.14. The van der Waals surface area contributed by atoms with Crippen LogP contribution in [0.4, 0.5) is 26.3 Å². The molecule has 0 atom stereocenters. The zero-order valence-corrected chi connectivity index (χ0v) is 52.0. The fraction of sp³-hybridized carbons (Fsp3) is 0.568. The predicted octanol–water partition coefficient (Wildman–Crippen LogP) is 21.7. The molecule has 0 unspecified atom stereocenters. The molecule has 6 aromatic rings. The third-order valence-corrected chi connectivity index (χ3v) is 18.1. The van der Waals surface area contributed by atoms with Crippen molar-refractivity contribution in [1.29, 1.82) is 0 Å². The Bertz CT molecular complexity index is 2590. The second kappa shape index (κ2) is 36.6. The van der Waals surface area contributed by atoms with Crippen LogP contribution >= 0.6 is 0 Å². The van der Waals surface area contributed by atoms with Crippen LogP contribution in [-0.2, 0) is 13.1 Å². The van der Waals surface area contributed by atoms with Crippen molar-refractivity contribution >= 4 is 21.5 Å². The second-order valence-electron chi connectivity index (χ2n) is 24.6. The molecule has 1 nitrogen and oxygen atoms in total. The Morgan fingerprint density at radius 2 is 0.561 bits per heavy atom. The van der Waals surface area contributed by atoms with E-state index in [2.05, 4.69) is 26.0 Å². The molecule has 0 aliphatic carbocycles. The SMILES string of the molecule is CCCCCCCCCCCCCCCCCCCC[N+]1(CCCCCCCCCCCCCCCCCCCC)Cc2c(-c3cc(F)c(F)c(F)c3)cc3ccccc3c2-c2c(c(-c3cc(F)c(F)c(F)c3)cc3ccccc23)C1.[Br-]. The molecular weight excluding hydrogens is 1100 g/mol. The minimum Gasteiger partial charge on any atom is -1.00 e. The van der Waals surface area contributed by atoms with E-state index in [1.54, 1.807) is 0 Å². The lowest BCUT2D eigenvalue weighted by Crippen LogP contribution is -3.00. The van der Waals surface area contributed by atoms with E-state index in [0.717, 1.165) is 120 Å². The van der Waals surface area contributed by atoms with Gasteiger partial charge in [-0.25, -0.2) is 26.3 Å². The summed E-state index contributed by atoms with van der Waals surface area (Å²) in [5, 5.41) is 3.59. The van der Waals surface area contributed by atoms with Crippen molar-refractivity contribution in [2.24, 2.45) is 0 Å². The first-order valence-electron chi connectivity index (χ1n) is 32.9. The number of halogens is 7. The molecule has 7 rings (SSSR count). The van der Waals surface area contributed by atoms with Gasteiger partial charge in [-0.3, -0.25) is 0 Å². The Balaban J connectivity index is 0.0000108. The maximum atomic E-state index is 15.5. The van der Waals surface area contributed by atoms with Crippen molar-refractivity contribution in [3.05, 3.63) is 131 Å². The quantitative estimate of drug-likeness (QED) is 0.0156. The molecule has 82 heavy (non-hydrogen) atoms. The minimum absolute atomic E-state index is 0. The normalized spacial score (nSPS) is 12.9. The molecule has 0 saturated heterocycles. The van der Waals surface area contributed by atoms with Crippen molar-refractivity contribution in [3.63, 3.8) is 0 Å². The number of fused-ring (bicyclic) bond motifs is 7. The largest absolute Gasteiger partial charge is 1.00 e. The van der Waals surface area contributed by atoms with Gasteiger partial charge in [-0.05, 0) is 106 Å². The van der Waals surface area contributed by atoms with E-state index in [4.69, 9.17) is 0 Å². The van der Waals surface area contributed by atoms with E-state index in [1.807, 2.05) is 48.5 Å². The lowest BCUT2D eigenvalue weighted by atomic mass is 9.82. The summed E-state index contributed by atoms with van der Waals surface area (Å²) in [6.07, 6.45) is 46.3. The van der Waals surface area contributed by atoms with Gasteiger partial charge in [-0.1, -0.05) is 268 Å². The van der Waals surface area contributed by atoms with E-state index in [1.165, 1.54) is 193 Å². The van der Waals surface area contributed by atoms with Crippen molar-refractivity contribution in [2.75, 3.05) is 13.1 Å². The third kappa shape index (κ3) is 20.0. The van der Waals surface area contributed by atoms with E-state index >= 15 is 17.6 Å². The number of quaternary nitrogens is 1. The van der Waals surface area contributed by atoms with Crippen LogP contribution in [0.5, 0.6) is 0 Å². The van der Waals surface area contributed by atoms with Gasteiger partial charge in [0.25, 0.3) is 0 Å². The molecule has 1 aliphatic rings. The van der Waals surface area contributed by atoms with Gasteiger partial charge in [-0.15, -0.1) is 0 Å². The van der Waals surface area contributed by atoms with E-state index in [-0.39, 0.29) is 28.1 Å². The summed E-state index contributed by atoms with van der Waals surface area (Å²) in [5.41, 5.74) is 5.45. The van der Waals surface area contributed by atoms with Crippen LogP contribution < -0.4 is 17.0 Å². The molecule has 1 heterocycles. The average Bonchev–Trinajstić information content (AvgIpc) is 2.44. The van der Waals surface area contributed by atoms with Gasteiger partial charge in [0.1, 0.15) is 13.1 Å². The van der Waals surface area contributed by atoms with Gasteiger partial charge in [-0.2, -0.15) is 0 Å². The van der Waals surface area contributed by atoms with Crippen LogP contribution in [0.3, 0.4) is 0 Å². The number of hydrogen-bond acceptors (Lipinski definition) is 0. The zero-order chi connectivity index (χ0) is 57.1. The molecule has 0 saturated carbocycles. The molecule has 450 valence electrons. The van der Waals surface area contributed by atoms with Crippen molar-refractivity contribution < 1.29 is 47.8 Å². The molecule has 0 aromatic heterocycles. The molecule has 0 bridgehead atoms. The zero-order valence-electron chi connectivity index (χ0n) is 50.5. The summed E-state index contributed by atoms with van der Waals surface area (Å²) in [6.45, 7) is 7.27. The van der Waals surface area contributed by atoms with E-state index in [9.17, 15) is 8.78 Å². The first-order chi connectivity index (χ1) is 39.6. The Kier molecular flexibility index (Phi) is 29.9. The van der Waals surface area contributed by atoms with Gasteiger partial charge in [0.15, 0.2) is 34.9 Å². The van der Waals surface area contributed by atoms with Crippen LogP contribution in [0, 0.1) is 34.9 Å². The second-order valence-corrected chi connectivity index (χ2v) is 24.6. The van der Waals surface area contributed by atoms with Crippen LogP contribution in [0.2, 0.25) is 0 Å². The number of nitrogens with zero attached hydrogens (tertiary/aromatic N) is 1. The lowest BCUT2D eigenvalue weighted by molar-refractivity contribution is -0.953. The first-order valence-corrected chi connectivity index (χ1v) is 32.9. The number of hydrogen-bond donors (Lipinski definition) is 0. The molecule has 0 amide bonds.